The molecule has 1 aliphatic heterocycles. The largest absolute Gasteiger partial charge is 0.375 e. The lowest BCUT2D eigenvalue weighted by Crippen LogP contribution is -2.45. The van der Waals surface area contributed by atoms with Gasteiger partial charge in [0.25, 0.3) is 0 Å². The van der Waals surface area contributed by atoms with Gasteiger partial charge in [-0.3, -0.25) is 0 Å². The molecule has 0 amide bonds. The summed E-state index contributed by atoms with van der Waals surface area (Å²) in [6.45, 7) is 4.94. The predicted octanol–water partition coefficient (Wildman–Crippen LogP) is 2.23. The van der Waals surface area contributed by atoms with Crippen molar-refractivity contribution in [2.75, 3.05) is 6.54 Å². The normalized spacial score (nSPS) is 38.8. The summed E-state index contributed by atoms with van der Waals surface area (Å²) >= 11 is 0. The molecule has 1 heterocycles. The Bertz CT molecular complexity index is 216. The number of hydrogen-bond donors (Lipinski definition) is 1. The van der Waals surface area contributed by atoms with E-state index < -0.39 is 0 Å². The first-order chi connectivity index (χ1) is 7.63. The van der Waals surface area contributed by atoms with Crippen LogP contribution in [-0.2, 0) is 9.47 Å². The monoisotopic (exact) mass is 227 g/mol. The van der Waals surface area contributed by atoms with Gasteiger partial charge in [-0.1, -0.05) is 12.8 Å². The average molecular weight is 227 g/mol. The highest BCUT2D eigenvalue weighted by Gasteiger charge is 2.37. The zero-order valence-electron chi connectivity index (χ0n) is 10.6. The maximum Gasteiger partial charge on any atom is 0.0807 e. The van der Waals surface area contributed by atoms with Crippen LogP contribution in [0, 0.1) is 0 Å². The molecule has 0 aromatic heterocycles. The minimum absolute atomic E-state index is 0.0125. The molecule has 0 spiro atoms. The fourth-order valence-electron chi connectivity index (χ4n) is 3.18. The summed E-state index contributed by atoms with van der Waals surface area (Å²) in [6.07, 6.45) is 7.86. The molecule has 1 saturated heterocycles. The molecule has 0 aromatic carbocycles. The highest BCUT2D eigenvalue weighted by atomic mass is 16.5. The van der Waals surface area contributed by atoms with Crippen molar-refractivity contribution in [1.29, 1.82) is 0 Å². The van der Waals surface area contributed by atoms with Crippen LogP contribution < -0.4 is 5.73 Å². The van der Waals surface area contributed by atoms with Crippen LogP contribution in [0.4, 0.5) is 0 Å². The van der Waals surface area contributed by atoms with E-state index in [1.165, 1.54) is 12.8 Å². The van der Waals surface area contributed by atoms with Crippen molar-refractivity contribution in [2.45, 2.75) is 76.3 Å². The zero-order chi connectivity index (χ0) is 11.6. The van der Waals surface area contributed by atoms with Crippen LogP contribution in [0.5, 0.6) is 0 Å². The van der Waals surface area contributed by atoms with Crippen molar-refractivity contribution in [3.8, 4) is 0 Å². The molecule has 1 saturated carbocycles. The third-order valence-electron chi connectivity index (χ3n) is 3.96. The Hall–Kier alpha value is -0.120. The minimum atomic E-state index is -0.0125. The second-order valence-corrected chi connectivity index (χ2v) is 5.56. The van der Waals surface area contributed by atoms with Gasteiger partial charge in [0.1, 0.15) is 0 Å². The van der Waals surface area contributed by atoms with Crippen molar-refractivity contribution in [1.82, 2.24) is 0 Å². The van der Waals surface area contributed by atoms with Crippen LogP contribution in [0.1, 0.15) is 52.4 Å². The Labute approximate surface area is 98.7 Å². The molecule has 2 unspecified atom stereocenters. The van der Waals surface area contributed by atoms with Crippen molar-refractivity contribution in [3.63, 3.8) is 0 Å². The van der Waals surface area contributed by atoms with Gasteiger partial charge >= 0.3 is 0 Å². The van der Waals surface area contributed by atoms with Crippen LogP contribution in [0.2, 0.25) is 0 Å². The molecule has 3 heteroatoms. The number of hydrogen-bond acceptors (Lipinski definition) is 3. The lowest BCUT2D eigenvalue weighted by Gasteiger charge is -2.38. The third-order valence-corrected chi connectivity index (χ3v) is 3.96. The highest BCUT2D eigenvalue weighted by Crippen LogP contribution is 2.36. The van der Waals surface area contributed by atoms with Crippen molar-refractivity contribution < 1.29 is 9.47 Å². The van der Waals surface area contributed by atoms with Crippen molar-refractivity contribution in [3.05, 3.63) is 0 Å². The van der Waals surface area contributed by atoms with Gasteiger partial charge in [0.15, 0.2) is 0 Å². The first kappa shape index (κ1) is 12.3. The molecule has 1 aliphatic carbocycles. The average Bonchev–Trinajstić information content (AvgIpc) is 2.65. The SMILES string of the molecule is CC1CC(OC2(CN)CCCC2)CC(C)O1. The first-order valence-corrected chi connectivity index (χ1v) is 6.67. The molecule has 2 atom stereocenters. The smallest absolute Gasteiger partial charge is 0.0807 e. The fourth-order valence-corrected chi connectivity index (χ4v) is 3.18. The molecule has 0 bridgehead atoms. The predicted molar refractivity (Wildman–Crippen MR) is 64.4 cm³/mol. The standard InChI is InChI=1S/C13H25NO2/c1-10-7-12(8-11(2)15-10)16-13(9-14)5-3-4-6-13/h10-12H,3-9,14H2,1-2H3. The van der Waals surface area contributed by atoms with Gasteiger partial charge in [-0.2, -0.15) is 0 Å². The molecular weight excluding hydrogens is 202 g/mol. The summed E-state index contributed by atoms with van der Waals surface area (Å²) in [6, 6.07) is 0. The summed E-state index contributed by atoms with van der Waals surface area (Å²) in [7, 11) is 0. The Balaban J connectivity index is 1.92. The molecule has 0 radical (unpaired) electrons. The summed E-state index contributed by atoms with van der Waals surface area (Å²) in [5, 5.41) is 0. The molecule has 2 fully saturated rings. The van der Waals surface area contributed by atoms with E-state index in [0.717, 1.165) is 25.7 Å². The van der Waals surface area contributed by atoms with Crippen LogP contribution in [0.15, 0.2) is 0 Å². The first-order valence-electron chi connectivity index (χ1n) is 6.67. The van der Waals surface area contributed by atoms with E-state index in [4.69, 9.17) is 15.2 Å². The zero-order valence-corrected chi connectivity index (χ0v) is 10.6. The summed E-state index contributed by atoms with van der Waals surface area (Å²) in [5.74, 6) is 0. The molecular formula is C13H25NO2. The molecule has 94 valence electrons. The van der Waals surface area contributed by atoms with Gasteiger partial charge in [-0.15, -0.1) is 0 Å². The van der Waals surface area contributed by atoms with Gasteiger partial charge in [0.05, 0.1) is 23.9 Å². The Morgan fingerprint density at radius 2 is 1.75 bits per heavy atom. The fraction of sp³-hybridized carbons (Fsp3) is 1.00. The Morgan fingerprint density at radius 1 is 1.19 bits per heavy atom. The van der Waals surface area contributed by atoms with E-state index in [-0.39, 0.29) is 5.60 Å². The molecule has 2 aliphatic rings. The summed E-state index contributed by atoms with van der Waals surface area (Å²) < 4.78 is 12.1. The molecule has 16 heavy (non-hydrogen) atoms. The van der Waals surface area contributed by atoms with E-state index in [1.54, 1.807) is 0 Å². The lowest BCUT2D eigenvalue weighted by atomic mass is 9.98. The number of ether oxygens (including phenoxy) is 2. The quantitative estimate of drug-likeness (QED) is 0.804. The van der Waals surface area contributed by atoms with Crippen LogP contribution in [0.3, 0.4) is 0 Å². The van der Waals surface area contributed by atoms with Crippen LogP contribution in [0.25, 0.3) is 0 Å². The molecule has 2 rings (SSSR count). The van der Waals surface area contributed by atoms with E-state index in [2.05, 4.69) is 13.8 Å². The number of nitrogens with two attached hydrogens (primary N) is 1. The van der Waals surface area contributed by atoms with Gasteiger partial charge < -0.3 is 15.2 Å². The molecule has 3 nitrogen and oxygen atoms in total. The van der Waals surface area contributed by atoms with Crippen molar-refractivity contribution >= 4 is 0 Å². The lowest BCUT2D eigenvalue weighted by molar-refractivity contribution is -0.152. The van der Waals surface area contributed by atoms with Gasteiger partial charge in [0, 0.05) is 6.54 Å². The topological polar surface area (TPSA) is 44.5 Å². The second-order valence-electron chi connectivity index (χ2n) is 5.56. The van der Waals surface area contributed by atoms with Gasteiger partial charge in [-0.05, 0) is 39.5 Å². The third kappa shape index (κ3) is 2.76. The van der Waals surface area contributed by atoms with Crippen LogP contribution in [-0.4, -0.2) is 30.5 Å². The van der Waals surface area contributed by atoms with Gasteiger partial charge in [-0.25, -0.2) is 0 Å². The maximum atomic E-state index is 6.32. The van der Waals surface area contributed by atoms with E-state index in [0.29, 0.717) is 24.9 Å². The molecule has 2 N–H and O–H groups in total. The van der Waals surface area contributed by atoms with Crippen LogP contribution >= 0.6 is 0 Å². The number of rotatable bonds is 3. The molecule has 0 aromatic rings. The van der Waals surface area contributed by atoms with E-state index >= 15 is 0 Å². The Morgan fingerprint density at radius 3 is 2.25 bits per heavy atom. The maximum absolute atomic E-state index is 6.32. The van der Waals surface area contributed by atoms with Gasteiger partial charge in [0.2, 0.25) is 0 Å². The second kappa shape index (κ2) is 5.03. The van der Waals surface area contributed by atoms with E-state index in [1.807, 2.05) is 0 Å². The van der Waals surface area contributed by atoms with E-state index in [9.17, 15) is 0 Å². The Kier molecular flexibility index (Phi) is 3.88. The highest BCUT2D eigenvalue weighted by molar-refractivity contribution is 4.89. The summed E-state index contributed by atoms with van der Waals surface area (Å²) in [5.41, 5.74) is 5.89. The summed E-state index contributed by atoms with van der Waals surface area (Å²) in [4.78, 5) is 0. The van der Waals surface area contributed by atoms with Crippen molar-refractivity contribution in [2.24, 2.45) is 5.73 Å². The minimum Gasteiger partial charge on any atom is -0.375 e.